The summed E-state index contributed by atoms with van der Waals surface area (Å²) in [5, 5.41) is 19.3. The van der Waals surface area contributed by atoms with Gasteiger partial charge < -0.3 is 14.8 Å². The molecule has 20 heavy (non-hydrogen) atoms. The molecule has 2 aromatic heterocycles. The largest absolute Gasteiger partial charge is 0.508 e. The number of phenols is 2. The number of benzene rings is 1. The van der Waals surface area contributed by atoms with Gasteiger partial charge in [-0.25, -0.2) is 4.98 Å². The number of rotatable bonds is 2. The van der Waals surface area contributed by atoms with Crippen LogP contribution in [0.15, 0.2) is 36.7 Å². The maximum Gasteiger partial charge on any atom is 0.141 e. The lowest BCUT2D eigenvalue weighted by molar-refractivity contribution is 0.451. The summed E-state index contributed by atoms with van der Waals surface area (Å²) in [6.45, 7) is 4.13. The van der Waals surface area contributed by atoms with E-state index >= 15 is 0 Å². The van der Waals surface area contributed by atoms with Gasteiger partial charge in [0, 0.05) is 23.9 Å². The molecule has 0 amide bonds. The Morgan fingerprint density at radius 3 is 2.45 bits per heavy atom. The van der Waals surface area contributed by atoms with Gasteiger partial charge >= 0.3 is 0 Å². The Morgan fingerprint density at radius 2 is 1.80 bits per heavy atom. The van der Waals surface area contributed by atoms with E-state index in [1.54, 1.807) is 24.5 Å². The van der Waals surface area contributed by atoms with Crippen LogP contribution in [-0.2, 0) is 0 Å². The van der Waals surface area contributed by atoms with Crippen molar-refractivity contribution >= 4 is 11.0 Å². The highest BCUT2D eigenvalue weighted by molar-refractivity contribution is 5.80. The van der Waals surface area contributed by atoms with Crippen LogP contribution >= 0.6 is 0 Å². The Balaban J connectivity index is 2.32. The number of aromatic nitrogens is 3. The molecule has 2 N–H and O–H groups in total. The van der Waals surface area contributed by atoms with Crippen LogP contribution in [0.4, 0.5) is 0 Å². The molecule has 0 aliphatic heterocycles. The number of nitrogens with zero attached hydrogens (tertiary/aromatic N) is 3. The molecule has 0 radical (unpaired) electrons. The van der Waals surface area contributed by atoms with E-state index in [1.807, 2.05) is 6.07 Å². The van der Waals surface area contributed by atoms with Gasteiger partial charge in [-0.05, 0) is 32.0 Å². The van der Waals surface area contributed by atoms with E-state index in [-0.39, 0.29) is 17.5 Å². The van der Waals surface area contributed by atoms with Crippen molar-refractivity contribution < 1.29 is 10.2 Å². The van der Waals surface area contributed by atoms with Crippen LogP contribution in [0.1, 0.15) is 19.9 Å². The molecule has 0 aliphatic rings. The first-order valence-electron chi connectivity index (χ1n) is 6.41. The van der Waals surface area contributed by atoms with E-state index in [4.69, 9.17) is 0 Å². The number of pyridine rings is 1. The minimum Gasteiger partial charge on any atom is -0.508 e. The second-order valence-electron chi connectivity index (χ2n) is 5.00. The number of hydrogen-bond donors (Lipinski definition) is 2. The fourth-order valence-corrected chi connectivity index (χ4v) is 2.40. The minimum atomic E-state index is 0.0143. The predicted molar refractivity (Wildman–Crippen MR) is 76.7 cm³/mol. The molecule has 0 fully saturated rings. The van der Waals surface area contributed by atoms with Gasteiger partial charge in [-0.1, -0.05) is 0 Å². The van der Waals surface area contributed by atoms with Crippen LogP contribution in [-0.4, -0.2) is 24.7 Å². The van der Waals surface area contributed by atoms with E-state index < -0.39 is 0 Å². The summed E-state index contributed by atoms with van der Waals surface area (Å²) in [6.07, 6.45) is 3.44. The van der Waals surface area contributed by atoms with Gasteiger partial charge in [0.25, 0.3) is 0 Å². The van der Waals surface area contributed by atoms with Crippen molar-refractivity contribution in [2.75, 3.05) is 0 Å². The average Bonchev–Trinajstić information content (AvgIpc) is 2.76. The van der Waals surface area contributed by atoms with E-state index in [1.165, 1.54) is 6.07 Å². The fourth-order valence-electron chi connectivity index (χ4n) is 2.40. The third-order valence-corrected chi connectivity index (χ3v) is 3.17. The SMILES string of the molecule is CC(C)n1c(-c2cc(O)cc(O)c2)nc2cnccc21. The first-order valence-corrected chi connectivity index (χ1v) is 6.41. The number of hydrogen-bond acceptors (Lipinski definition) is 4. The van der Waals surface area contributed by atoms with Gasteiger partial charge in [0.05, 0.1) is 11.7 Å². The second-order valence-corrected chi connectivity index (χ2v) is 5.00. The molecule has 0 bridgehead atoms. The highest BCUT2D eigenvalue weighted by Crippen LogP contribution is 2.32. The van der Waals surface area contributed by atoms with Crippen LogP contribution in [0, 0.1) is 0 Å². The van der Waals surface area contributed by atoms with Gasteiger partial charge in [-0.2, -0.15) is 0 Å². The van der Waals surface area contributed by atoms with Crippen molar-refractivity contribution in [3.05, 3.63) is 36.7 Å². The summed E-state index contributed by atoms with van der Waals surface area (Å²) < 4.78 is 2.06. The van der Waals surface area contributed by atoms with Crippen LogP contribution in [0.5, 0.6) is 11.5 Å². The van der Waals surface area contributed by atoms with E-state index in [2.05, 4.69) is 28.4 Å². The third kappa shape index (κ3) is 1.97. The second kappa shape index (κ2) is 4.52. The summed E-state index contributed by atoms with van der Waals surface area (Å²) in [7, 11) is 0. The first-order chi connectivity index (χ1) is 9.56. The quantitative estimate of drug-likeness (QED) is 0.750. The Hall–Kier alpha value is -2.56. The fraction of sp³-hybridized carbons (Fsp3) is 0.200. The molecule has 0 saturated heterocycles. The Bertz CT molecular complexity index is 758. The third-order valence-electron chi connectivity index (χ3n) is 3.17. The van der Waals surface area contributed by atoms with Gasteiger partial charge in [0.2, 0.25) is 0 Å². The van der Waals surface area contributed by atoms with Gasteiger partial charge in [-0.3, -0.25) is 4.98 Å². The molecule has 0 unspecified atom stereocenters. The zero-order valence-corrected chi connectivity index (χ0v) is 11.3. The van der Waals surface area contributed by atoms with Gasteiger partial charge in [0.1, 0.15) is 22.8 Å². The molecule has 0 aliphatic carbocycles. The standard InChI is InChI=1S/C15H15N3O2/c1-9(2)18-14-3-4-16-8-13(14)17-15(18)10-5-11(19)7-12(20)6-10/h3-9,19-20H,1-2H3. The van der Waals surface area contributed by atoms with Crippen LogP contribution in [0.3, 0.4) is 0 Å². The van der Waals surface area contributed by atoms with Crippen LogP contribution in [0.2, 0.25) is 0 Å². The summed E-state index contributed by atoms with van der Waals surface area (Å²) >= 11 is 0. The van der Waals surface area contributed by atoms with Crippen LogP contribution in [0.25, 0.3) is 22.4 Å². The zero-order valence-electron chi connectivity index (χ0n) is 11.3. The number of phenolic OH excluding ortho intramolecular Hbond substituents is 2. The number of fused-ring (bicyclic) bond motifs is 1. The molecule has 5 nitrogen and oxygen atoms in total. The summed E-state index contributed by atoms with van der Waals surface area (Å²) in [5.74, 6) is 0.732. The van der Waals surface area contributed by atoms with Crippen molar-refractivity contribution in [1.82, 2.24) is 14.5 Å². The minimum absolute atomic E-state index is 0.0143. The lowest BCUT2D eigenvalue weighted by Crippen LogP contribution is -2.03. The molecule has 5 heteroatoms. The van der Waals surface area contributed by atoms with Crippen molar-refractivity contribution in [1.29, 1.82) is 0 Å². The summed E-state index contributed by atoms with van der Waals surface area (Å²) in [4.78, 5) is 8.65. The molecule has 0 spiro atoms. The molecule has 102 valence electrons. The van der Waals surface area contributed by atoms with Gasteiger partial charge in [0.15, 0.2) is 0 Å². The van der Waals surface area contributed by atoms with Crippen molar-refractivity contribution in [3.63, 3.8) is 0 Å². The maximum absolute atomic E-state index is 9.65. The number of imidazole rings is 1. The smallest absolute Gasteiger partial charge is 0.141 e. The van der Waals surface area contributed by atoms with Gasteiger partial charge in [-0.15, -0.1) is 0 Å². The highest BCUT2D eigenvalue weighted by atomic mass is 16.3. The Kier molecular flexibility index (Phi) is 2.82. The Morgan fingerprint density at radius 1 is 1.10 bits per heavy atom. The lowest BCUT2D eigenvalue weighted by Gasteiger charge is -2.13. The van der Waals surface area contributed by atoms with E-state index in [0.717, 1.165) is 11.0 Å². The highest BCUT2D eigenvalue weighted by Gasteiger charge is 2.15. The Labute approximate surface area is 116 Å². The topological polar surface area (TPSA) is 71.2 Å². The first kappa shape index (κ1) is 12.5. The molecular weight excluding hydrogens is 254 g/mol. The summed E-state index contributed by atoms with van der Waals surface area (Å²) in [6, 6.07) is 6.59. The lowest BCUT2D eigenvalue weighted by atomic mass is 10.2. The normalized spacial score (nSPS) is 11.3. The van der Waals surface area contributed by atoms with Crippen molar-refractivity contribution in [2.45, 2.75) is 19.9 Å². The van der Waals surface area contributed by atoms with E-state index in [0.29, 0.717) is 11.4 Å². The average molecular weight is 269 g/mol. The van der Waals surface area contributed by atoms with Crippen molar-refractivity contribution in [2.24, 2.45) is 0 Å². The predicted octanol–water partition coefficient (Wildman–Crippen LogP) is 3.09. The van der Waals surface area contributed by atoms with E-state index in [9.17, 15) is 10.2 Å². The zero-order chi connectivity index (χ0) is 14.3. The summed E-state index contributed by atoms with van der Waals surface area (Å²) in [5.41, 5.74) is 2.44. The molecule has 0 saturated carbocycles. The molecular formula is C15H15N3O2. The van der Waals surface area contributed by atoms with Crippen molar-refractivity contribution in [3.8, 4) is 22.9 Å². The van der Waals surface area contributed by atoms with Crippen LogP contribution < -0.4 is 0 Å². The maximum atomic E-state index is 9.65. The number of aromatic hydroxyl groups is 2. The molecule has 3 rings (SSSR count). The molecule has 3 aromatic rings. The molecule has 2 heterocycles. The monoisotopic (exact) mass is 269 g/mol. The molecule has 1 aromatic carbocycles. The molecule has 0 atom stereocenters.